The molecule has 0 bridgehead atoms. The number of ether oxygens (including phenoxy) is 2. The number of nitrogens with zero attached hydrogens (tertiary/aromatic N) is 2. The minimum atomic E-state index is -0.972. The summed E-state index contributed by atoms with van der Waals surface area (Å²) in [4.78, 5) is 44.1. The molecule has 3 aromatic carbocycles. The van der Waals surface area contributed by atoms with Gasteiger partial charge >= 0.3 is 11.9 Å². The number of thiazole rings is 1. The van der Waals surface area contributed by atoms with E-state index in [1.54, 1.807) is 60.5 Å². The number of benzene rings is 3. The Morgan fingerprint density at radius 3 is 2.36 bits per heavy atom. The number of carboxylic acid groups (broad SMARTS) is 1. The van der Waals surface area contributed by atoms with Gasteiger partial charge in [-0.2, -0.15) is 0 Å². The zero-order valence-electron chi connectivity index (χ0n) is 23.2. The molecule has 1 aromatic heterocycles. The lowest BCUT2D eigenvalue weighted by molar-refractivity contribution is -0.139. The van der Waals surface area contributed by atoms with Crippen LogP contribution in [0.3, 0.4) is 0 Å². The van der Waals surface area contributed by atoms with Gasteiger partial charge in [-0.3, -0.25) is 9.36 Å². The van der Waals surface area contributed by atoms with Crippen LogP contribution in [0.5, 0.6) is 5.75 Å². The van der Waals surface area contributed by atoms with Gasteiger partial charge in [0.25, 0.3) is 5.56 Å². The van der Waals surface area contributed by atoms with Gasteiger partial charge in [0.2, 0.25) is 0 Å². The highest BCUT2D eigenvalue weighted by atomic mass is 32.2. The maximum Gasteiger partial charge on any atom is 0.338 e. The maximum absolute atomic E-state index is 13.8. The number of thioether (sulfide) groups is 1. The predicted molar refractivity (Wildman–Crippen MR) is 163 cm³/mol. The standard InChI is InChI=1S/C32H28N2O6S2/c1-4-39-31(38)27-19(2)33-32-34(28(27)22-11-15-25(41-3)16-12-22)29(35)26(42-32)17-20-7-13-24(14-8-20)40-18-21-5-9-23(10-6-21)30(36)37/h5-17,28H,4,18H2,1-3H3,(H,36,37)/b26-17+/t28-/m1/s1. The monoisotopic (exact) mass is 600 g/mol. The zero-order valence-corrected chi connectivity index (χ0v) is 24.8. The van der Waals surface area contributed by atoms with Crippen molar-refractivity contribution in [1.82, 2.24) is 4.57 Å². The number of rotatable bonds is 9. The third-order valence-electron chi connectivity index (χ3n) is 6.73. The van der Waals surface area contributed by atoms with Crippen molar-refractivity contribution < 1.29 is 24.2 Å². The maximum atomic E-state index is 13.8. The first kappa shape index (κ1) is 29.1. The van der Waals surface area contributed by atoms with Crippen molar-refractivity contribution >= 4 is 41.1 Å². The number of aromatic nitrogens is 1. The normalized spacial score (nSPS) is 14.7. The Morgan fingerprint density at radius 1 is 1.05 bits per heavy atom. The number of aromatic carboxylic acids is 1. The molecular weight excluding hydrogens is 572 g/mol. The summed E-state index contributed by atoms with van der Waals surface area (Å²) in [7, 11) is 0. The molecule has 1 aliphatic rings. The first-order valence-electron chi connectivity index (χ1n) is 13.2. The van der Waals surface area contributed by atoms with E-state index in [-0.39, 0.29) is 24.3 Å². The first-order chi connectivity index (χ1) is 20.3. The second kappa shape index (κ2) is 12.6. The fourth-order valence-corrected chi connectivity index (χ4v) is 6.07. The lowest BCUT2D eigenvalue weighted by Crippen LogP contribution is -2.39. The van der Waals surface area contributed by atoms with E-state index in [1.165, 1.54) is 11.3 Å². The highest BCUT2D eigenvalue weighted by molar-refractivity contribution is 7.98. The lowest BCUT2D eigenvalue weighted by atomic mass is 9.96. The fourth-order valence-electron chi connectivity index (χ4n) is 4.61. The van der Waals surface area contributed by atoms with Gasteiger partial charge in [0.15, 0.2) is 4.80 Å². The molecule has 1 atom stereocenters. The first-order valence-corrected chi connectivity index (χ1v) is 15.2. The van der Waals surface area contributed by atoms with Crippen LogP contribution in [0.4, 0.5) is 0 Å². The second-order valence-corrected chi connectivity index (χ2v) is 11.3. The van der Waals surface area contributed by atoms with Gasteiger partial charge in [0.1, 0.15) is 12.4 Å². The van der Waals surface area contributed by atoms with E-state index in [9.17, 15) is 14.4 Å². The van der Waals surface area contributed by atoms with E-state index in [2.05, 4.69) is 4.99 Å². The molecule has 2 heterocycles. The summed E-state index contributed by atoms with van der Waals surface area (Å²) < 4.78 is 13.3. The molecule has 0 aliphatic carbocycles. The fraction of sp³-hybridized carbons (Fsp3) is 0.188. The molecular formula is C32H28N2O6S2. The van der Waals surface area contributed by atoms with Crippen LogP contribution in [0.15, 0.2) is 98.7 Å². The Hall–Kier alpha value is -4.41. The van der Waals surface area contributed by atoms with Gasteiger partial charge in [-0.15, -0.1) is 11.8 Å². The van der Waals surface area contributed by atoms with Crippen molar-refractivity contribution in [2.24, 2.45) is 4.99 Å². The molecule has 1 N–H and O–H groups in total. The van der Waals surface area contributed by atoms with Crippen molar-refractivity contribution in [3.8, 4) is 5.75 Å². The molecule has 5 rings (SSSR count). The minimum Gasteiger partial charge on any atom is -0.489 e. The molecule has 0 saturated heterocycles. The van der Waals surface area contributed by atoms with Crippen LogP contribution in [0, 0.1) is 0 Å². The number of carboxylic acids is 1. The summed E-state index contributed by atoms with van der Waals surface area (Å²) in [5.41, 5.74) is 3.32. The highest BCUT2D eigenvalue weighted by Gasteiger charge is 2.33. The molecule has 8 nitrogen and oxygen atoms in total. The number of carbonyl (C=O) groups excluding carboxylic acids is 1. The topological polar surface area (TPSA) is 107 Å². The van der Waals surface area contributed by atoms with Crippen molar-refractivity contribution in [1.29, 1.82) is 0 Å². The van der Waals surface area contributed by atoms with Crippen molar-refractivity contribution in [3.63, 3.8) is 0 Å². The van der Waals surface area contributed by atoms with Crippen LogP contribution >= 0.6 is 23.1 Å². The quantitative estimate of drug-likeness (QED) is 0.217. The number of allylic oxidation sites excluding steroid dienone is 1. The number of hydrogen-bond donors (Lipinski definition) is 1. The highest BCUT2D eigenvalue weighted by Crippen LogP contribution is 2.31. The average Bonchev–Trinajstić information content (AvgIpc) is 3.30. The number of hydrogen-bond acceptors (Lipinski definition) is 8. The molecule has 1 aliphatic heterocycles. The van der Waals surface area contributed by atoms with E-state index in [4.69, 9.17) is 14.6 Å². The van der Waals surface area contributed by atoms with Gasteiger partial charge in [0.05, 0.1) is 34.0 Å². The van der Waals surface area contributed by atoms with Crippen LogP contribution in [-0.2, 0) is 16.1 Å². The molecule has 4 aromatic rings. The summed E-state index contributed by atoms with van der Waals surface area (Å²) in [5, 5.41) is 9.05. The Balaban J connectivity index is 1.45. The van der Waals surface area contributed by atoms with Crippen LogP contribution < -0.4 is 19.6 Å². The zero-order chi connectivity index (χ0) is 29.8. The molecule has 0 spiro atoms. The Kier molecular flexibility index (Phi) is 8.75. The number of esters is 1. The van der Waals surface area contributed by atoms with Crippen molar-refractivity contribution in [3.05, 3.63) is 126 Å². The van der Waals surface area contributed by atoms with Crippen molar-refractivity contribution in [2.75, 3.05) is 12.9 Å². The molecule has 0 amide bonds. The largest absolute Gasteiger partial charge is 0.489 e. The van der Waals surface area contributed by atoms with Crippen LogP contribution in [0.2, 0.25) is 0 Å². The summed E-state index contributed by atoms with van der Waals surface area (Å²) in [6.45, 7) is 4.03. The summed E-state index contributed by atoms with van der Waals surface area (Å²) in [5.74, 6) is -0.819. The second-order valence-electron chi connectivity index (χ2n) is 9.44. The van der Waals surface area contributed by atoms with E-state index >= 15 is 0 Å². The molecule has 0 radical (unpaired) electrons. The molecule has 0 saturated carbocycles. The number of fused-ring (bicyclic) bond motifs is 1. The molecule has 0 fully saturated rings. The van der Waals surface area contributed by atoms with E-state index < -0.39 is 18.0 Å². The van der Waals surface area contributed by atoms with Gasteiger partial charge in [-0.05, 0) is 79.3 Å². The summed E-state index contributed by atoms with van der Waals surface area (Å²) in [6.07, 6.45) is 3.79. The smallest absolute Gasteiger partial charge is 0.338 e. The Bertz CT molecular complexity index is 1840. The number of carbonyl (C=O) groups is 2. The molecule has 0 unspecified atom stereocenters. The van der Waals surface area contributed by atoms with E-state index in [0.29, 0.717) is 26.4 Å². The minimum absolute atomic E-state index is 0.217. The predicted octanol–water partition coefficient (Wildman–Crippen LogP) is 4.80. The van der Waals surface area contributed by atoms with Gasteiger partial charge in [-0.1, -0.05) is 47.7 Å². The SMILES string of the molecule is CCOC(=O)C1=C(C)N=c2s/c(=C/c3ccc(OCc4ccc(C(=O)O)cc4)cc3)c(=O)n2[C@@H]1c1ccc(SC)cc1. The third kappa shape index (κ3) is 6.09. The average molecular weight is 601 g/mol. The van der Waals surface area contributed by atoms with Crippen LogP contribution in [0.25, 0.3) is 6.08 Å². The summed E-state index contributed by atoms with van der Waals surface area (Å²) >= 11 is 2.89. The van der Waals surface area contributed by atoms with Crippen molar-refractivity contribution in [2.45, 2.75) is 31.4 Å². The van der Waals surface area contributed by atoms with Crippen LogP contribution in [-0.4, -0.2) is 34.5 Å². The van der Waals surface area contributed by atoms with Gasteiger partial charge in [0, 0.05) is 4.90 Å². The molecule has 214 valence electrons. The van der Waals surface area contributed by atoms with Crippen LogP contribution in [0.1, 0.15) is 46.9 Å². The Morgan fingerprint density at radius 2 is 1.74 bits per heavy atom. The molecule has 10 heteroatoms. The van der Waals surface area contributed by atoms with E-state index in [1.807, 2.05) is 54.8 Å². The lowest BCUT2D eigenvalue weighted by Gasteiger charge is -2.24. The molecule has 42 heavy (non-hydrogen) atoms. The van der Waals surface area contributed by atoms with Gasteiger partial charge < -0.3 is 14.6 Å². The summed E-state index contributed by atoms with van der Waals surface area (Å²) in [6, 6.07) is 21.0. The third-order valence-corrected chi connectivity index (χ3v) is 8.46. The van der Waals surface area contributed by atoms with Gasteiger partial charge in [-0.25, -0.2) is 14.6 Å². The van der Waals surface area contributed by atoms with E-state index in [0.717, 1.165) is 21.6 Å². The Labute approximate surface area is 250 Å².